The Kier molecular flexibility index (Phi) is 3.95. The first-order valence-electron chi connectivity index (χ1n) is 7.03. The number of amides is 1. The van der Waals surface area contributed by atoms with Crippen LogP contribution < -0.4 is 0 Å². The minimum absolute atomic E-state index is 0.224. The van der Waals surface area contributed by atoms with Crippen LogP contribution in [0.4, 0.5) is 4.79 Å². The highest BCUT2D eigenvalue weighted by molar-refractivity contribution is 5.73. The van der Waals surface area contributed by atoms with Crippen LogP contribution in [-0.4, -0.2) is 53.5 Å². The van der Waals surface area contributed by atoms with Crippen LogP contribution in [-0.2, 0) is 14.3 Å². The Balaban J connectivity index is 1.99. The van der Waals surface area contributed by atoms with E-state index < -0.39 is 17.7 Å². The molecule has 0 unspecified atom stereocenters. The van der Waals surface area contributed by atoms with Gasteiger partial charge < -0.3 is 19.5 Å². The Morgan fingerprint density at radius 1 is 1.40 bits per heavy atom. The summed E-state index contributed by atoms with van der Waals surface area (Å²) in [4.78, 5) is 24.8. The molecule has 0 aliphatic carbocycles. The highest BCUT2D eigenvalue weighted by atomic mass is 16.6. The van der Waals surface area contributed by atoms with E-state index >= 15 is 0 Å². The smallest absolute Gasteiger partial charge is 0.410 e. The minimum atomic E-state index is -0.920. The van der Waals surface area contributed by atoms with Crippen LogP contribution >= 0.6 is 0 Å². The number of nitrogens with zero attached hydrogens (tertiary/aromatic N) is 1. The molecule has 0 bridgehead atoms. The van der Waals surface area contributed by atoms with Gasteiger partial charge in [0.25, 0.3) is 0 Å². The van der Waals surface area contributed by atoms with Gasteiger partial charge >= 0.3 is 12.1 Å². The molecule has 2 heterocycles. The van der Waals surface area contributed by atoms with E-state index in [-0.39, 0.29) is 11.5 Å². The lowest BCUT2D eigenvalue weighted by Crippen LogP contribution is -2.48. The van der Waals surface area contributed by atoms with E-state index in [0.29, 0.717) is 26.1 Å². The molecule has 1 N–H and O–H groups in total. The van der Waals surface area contributed by atoms with Crippen LogP contribution in [0.25, 0.3) is 0 Å². The molecule has 0 aromatic heterocycles. The third-order valence-electron chi connectivity index (χ3n) is 3.80. The van der Waals surface area contributed by atoms with Crippen molar-refractivity contribution in [3.05, 3.63) is 0 Å². The standard InChI is InChI=1S/C14H23NO5/c1-13(2,3)20-12(18)15-6-4-5-14(8-15)7-10(11(16)17)19-9-14/h10H,4-9H2,1-3H3,(H,16,17)/t10-,14+/m1/s1. The van der Waals surface area contributed by atoms with E-state index in [4.69, 9.17) is 14.6 Å². The van der Waals surface area contributed by atoms with Crippen LogP contribution in [0, 0.1) is 5.41 Å². The predicted molar refractivity (Wildman–Crippen MR) is 71.5 cm³/mol. The van der Waals surface area contributed by atoms with E-state index in [0.717, 1.165) is 12.8 Å². The number of hydrogen-bond acceptors (Lipinski definition) is 4. The lowest BCUT2D eigenvalue weighted by atomic mass is 9.78. The van der Waals surface area contributed by atoms with Gasteiger partial charge in [0.1, 0.15) is 5.60 Å². The van der Waals surface area contributed by atoms with Gasteiger partial charge in [-0.1, -0.05) is 0 Å². The molecule has 1 spiro atoms. The van der Waals surface area contributed by atoms with Gasteiger partial charge in [-0.05, 0) is 40.0 Å². The highest BCUT2D eigenvalue weighted by Gasteiger charge is 2.46. The van der Waals surface area contributed by atoms with Gasteiger partial charge in [-0.15, -0.1) is 0 Å². The molecule has 2 fully saturated rings. The first-order valence-corrected chi connectivity index (χ1v) is 7.03. The van der Waals surface area contributed by atoms with Gasteiger partial charge in [0, 0.05) is 18.5 Å². The fourth-order valence-electron chi connectivity index (χ4n) is 2.92. The van der Waals surface area contributed by atoms with E-state index in [2.05, 4.69) is 0 Å². The maximum atomic E-state index is 12.1. The molecule has 2 atom stereocenters. The van der Waals surface area contributed by atoms with Crippen molar-refractivity contribution in [1.82, 2.24) is 4.90 Å². The fraction of sp³-hybridized carbons (Fsp3) is 0.857. The van der Waals surface area contributed by atoms with Gasteiger partial charge in [-0.25, -0.2) is 9.59 Å². The highest BCUT2D eigenvalue weighted by Crippen LogP contribution is 2.40. The molecule has 6 nitrogen and oxygen atoms in total. The van der Waals surface area contributed by atoms with E-state index in [1.54, 1.807) is 4.90 Å². The molecule has 6 heteroatoms. The van der Waals surface area contributed by atoms with Crippen LogP contribution in [0.2, 0.25) is 0 Å². The number of carboxylic acid groups (broad SMARTS) is 1. The number of aliphatic carboxylic acids is 1. The Morgan fingerprint density at radius 3 is 2.65 bits per heavy atom. The second-order valence-electron chi connectivity index (χ2n) is 6.85. The van der Waals surface area contributed by atoms with Gasteiger partial charge in [0.2, 0.25) is 0 Å². The normalized spacial score (nSPS) is 30.6. The van der Waals surface area contributed by atoms with Crippen molar-refractivity contribution < 1.29 is 24.2 Å². The number of ether oxygens (including phenoxy) is 2. The zero-order valence-corrected chi connectivity index (χ0v) is 12.3. The minimum Gasteiger partial charge on any atom is -0.479 e. The summed E-state index contributed by atoms with van der Waals surface area (Å²) < 4.78 is 10.7. The van der Waals surface area contributed by atoms with Crippen molar-refractivity contribution in [3.63, 3.8) is 0 Å². The topological polar surface area (TPSA) is 76.1 Å². The Bertz CT molecular complexity index is 403. The predicted octanol–water partition coefficient (Wildman–Crippen LogP) is 1.88. The summed E-state index contributed by atoms with van der Waals surface area (Å²) in [5, 5.41) is 9.02. The first-order chi connectivity index (χ1) is 9.21. The fourth-order valence-corrected chi connectivity index (χ4v) is 2.92. The zero-order chi connectivity index (χ0) is 15.0. The maximum Gasteiger partial charge on any atom is 0.410 e. The molecule has 0 radical (unpaired) electrons. The van der Waals surface area contributed by atoms with Crippen molar-refractivity contribution in [2.24, 2.45) is 5.41 Å². The lowest BCUT2D eigenvalue weighted by Gasteiger charge is -2.39. The van der Waals surface area contributed by atoms with Crippen LogP contribution in [0.15, 0.2) is 0 Å². The average Bonchev–Trinajstić information content (AvgIpc) is 2.71. The molecular weight excluding hydrogens is 262 g/mol. The largest absolute Gasteiger partial charge is 0.479 e. The SMILES string of the molecule is CC(C)(C)OC(=O)N1CCC[C@@]2(CO[C@@H](C(=O)O)C2)C1. The molecule has 1 amide bonds. The van der Waals surface area contributed by atoms with E-state index in [1.165, 1.54) is 0 Å². The summed E-state index contributed by atoms with van der Waals surface area (Å²) >= 11 is 0. The molecule has 0 saturated carbocycles. The third-order valence-corrected chi connectivity index (χ3v) is 3.80. The maximum absolute atomic E-state index is 12.1. The molecule has 2 aliphatic rings. The van der Waals surface area contributed by atoms with Crippen molar-refractivity contribution >= 4 is 12.1 Å². The second-order valence-corrected chi connectivity index (χ2v) is 6.85. The van der Waals surface area contributed by atoms with Crippen molar-refractivity contribution in [1.29, 1.82) is 0 Å². The number of rotatable bonds is 1. The number of hydrogen-bond donors (Lipinski definition) is 1. The van der Waals surface area contributed by atoms with Gasteiger partial charge in [-0.3, -0.25) is 0 Å². The average molecular weight is 285 g/mol. The molecule has 2 aliphatic heterocycles. The second kappa shape index (κ2) is 5.24. The summed E-state index contributed by atoms with van der Waals surface area (Å²) in [6.45, 7) is 7.10. The summed E-state index contributed by atoms with van der Waals surface area (Å²) in [6, 6.07) is 0. The Labute approximate surface area is 119 Å². The monoisotopic (exact) mass is 285 g/mol. The van der Waals surface area contributed by atoms with Gasteiger partial charge in [-0.2, -0.15) is 0 Å². The number of likely N-dealkylation sites (tertiary alicyclic amines) is 1. The van der Waals surface area contributed by atoms with Crippen molar-refractivity contribution in [2.45, 2.75) is 51.7 Å². The quantitative estimate of drug-likeness (QED) is 0.796. The van der Waals surface area contributed by atoms with Crippen LogP contribution in [0.3, 0.4) is 0 Å². The molecule has 0 aromatic rings. The number of carbonyl (C=O) groups is 2. The zero-order valence-electron chi connectivity index (χ0n) is 12.3. The van der Waals surface area contributed by atoms with Gasteiger partial charge in [0.15, 0.2) is 6.10 Å². The van der Waals surface area contributed by atoms with E-state index in [1.807, 2.05) is 20.8 Å². The van der Waals surface area contributed by atoms with E-state index in [9.17, 15) is 9.59 Å². The molecule has 114 valence electrons. The molecule has 20 heavy (non-hydrogen) atoms. The molecule has 2 rings (SSSR count). The third kappa shape index (κ3) is 3.42. The van der Waals surface area contributed by atoms with Crippen LogP contribution in [0.5, 0.6) is 0 Å². The van der Waals surface area contributed by atoms with Gasteiger partial charge in [0.05, 0.1) is 6.61 Å². The first kappa shape index (κ1) is 15.1. The van der Waals surface area contributed by atoms with Crippen LogP contribution in [0.1, 0.15) is 40.0 Å². The number of carbonyl (C=O) groups excluding carboxylic acids is 1. The summed E-state index contributed by atoms with van der Waals surface area (Å²) in [5.41, 5.74) is -0.740. The number of piperidine rings is 1. The summed E-state index contributed by atoms with van der Waals surface area (Å²) in [5.74, 6) is -0.920. The Morgan fingerprint density at radius 2 is 2.10 bits per heavy atom. The molecule has 2 saturated heterocycles. The molecular formula is C14H23NO5. The Hall–Kier alpha value is -1.30. The molecule has 0 aromatic carbocycles. The summed E-state index contributed by atoms with van der Waals surface area (Å²) in [6.07, 6.45) is 1.16. The van der Waals surface area contributed by atoms with Crippen molar-refractivity contribution in [2.75, 3.05) is 19.7 Å². The number of carboxylic acids is 1. The lowest BCUT2D eigenvalue weighted by molar-refractivity contribution is -0.147. The summed E-state index contributed by atoms with van der Waals surface area (Å²) in [7, 11) is 0. The van der Waals surface area contributed by atoms with Crippen molar-refractivity contribution in [3.8, 4) is 0 Å².